The molecule has 0 radical (unpaired) electrons. The number of hydrogen-bond acceptors (Lipinski definition) is 2. The van der Waals surface area contributed by atoms with E-state index >= 15 is 0 Å². The van der Waals surface area contributed by atoms with E-state index in [0.717, 1.165) is 23.4 Å². The molecule has 0 fully saturated rings. The molecular formula is C12H19NOS. The standard InChI is InChI=1S/C12H19NOS/c1-3-10(2)8-15(14)9-11-6-4-5-7-12(11)13/h4-7,10H,3,8-9,13H2,1-2H3. The fraction of sp³-hybridized carbons (Fsp3) is 0.500. The third kappa shape index (κ3) is 4.04. The van der Waals surface area contributed by atoms with E-state index in [2.05, 4.69) is 13.8 Å². The van der Waals surface area contributed by atoms with Gasteiger partial charge in [0.15, 0.2) is 0 Å². The average Bonchev–Trinajstić information content (AvgIpc) is 2.21. The molecule has 3 heteroatoms. The van der Waals surface area contributed by atoms with Gasteiger partial charge in [-0.15, -0.1) is 0 Å². The molecule has 0 aromatic heterocycles. The number of para-hydroxylation sites is 1. The summed E-state index contributed by atoms with van der Waals surface area (Å²) in [7, 11) is -0.791. The van der Waals surface area contributed by atoms with Gasteiger partial charge in [-0.2, -0.15) is 0 Å². The molecule has 0 heterocycles. The molecule has 2 N–H and O–H groups in total. The van der Waals surface area contributed by atoms with Crippen molar-refractivity contribution >= 4 is 16.5 Å². The topological polar surface area (TPSA) is 43.1 Å². The van der Waals surface area contributed by atoms with Gasteiger partial charge in [0.05, 0.1) is 5.75 Å². The summed E-state index contributed by atoms with van der Waals surface area (Å²) in [5, 5.41) is 0. The van der Waals surface area contributed by atoms with Crippen molar-refractivity contribution < 1.29 is 4.21 Å². The van der Waals surface area contributed by atoms with Crippen molar-refractivity contribution in [3.8, 4) is 0 Å². The summed E-state index contributed by atoms with van der Waals surface area (Å²) in [6.07, 6.45) is 1.08. The lowest BCUT2D eigenvalue weighted by atomic mass is 10.2. The second-order valence-electron chi connectivity index (χ2n) is 3.96. The average molecular weight is 225 g/mol. The first kappa shape index (κ1) is 12.2. The highest BCUT2D eigenvalue weighted by Gasteiger charge is 2.08. The Labute approximate surface area is 94.3 Å². The quantitative estimate of drug-likeness (QED) is 0.783. The normalized spacial score (nSPS) is 14.8. The smallest absolute Gasteiger partial charge is 0.0506 e. The number of benzene rings is 1. The molecule has 1 rings (SSSR count). The second-order valence-corrected chi connectivity index (χ2v) is 5.46. The molecule has 1 aromatic carbocycles. The molecule has 2 nitrogen and oxygen atoms in total. The highest BCUT2D eigenvalue weighted by atomic mass is 32.2. The van der Waals surface area contributed by atoms with Gasteiger partial charge < -0.3 is 5.73 Å². The number of nitrogens with two attached hydrogens (primary N) is 1. The Balaban J connectivity index is 2.55. The first-order valence-corrected chi connectivity index (χ1v) is 6.80. The Morgan fingerprint density at radius 3 is 2.67 bits per heavy atom. The van der Waals surface area contributed by atoms with Gasteiger partial charge in [0.2, 0.25) is 0 Å². The molecule has 2 unspecified atom stereocenters. The number of nitrogen functional groups attached to an aromatic ring is 1. The zero-order chi connectivity index (χ0) is 11.3. The van der Waals surface area contributed by atoms with Gasteiger partial charge >= 0.3 is 0 Å². The van der Waals surface area contributed by atoms with E-state index in [1.54, 1.807) is 0 Å². The molecule has 15 heavy (non-hydrogen) atoms. The maximum absolute atomic E-state index is 11.8. The van der Waals surface area contributed by atoms with Crippen LogP contribution in [0.25, 0.3) is 0 Å². The fourth-order valence-corrected chi connectivity index (χ4v) is 2.93. The van der Waals surface area contributed by atoms with Crippen molar-refractivity contribution in [2.24, 2.45) is 5.92 Å². The molecule has 0 saturated carbocycles. The molecule has 0 aliphatic rings. The second kappa shape index (κ2) is 5.91. The fourth-order valence-electron chi connectivity index (χ4n) is 1.33. The van der Waals surface area contributed by atoms with Crippen molar-refractivity contribution in [2.45, 2.75) is 26.0 Å². The van der Waals surface area contributed by atoms with E-state index in [4.69, 9.17) is 5.73 Å². The Hall–Kier alpha value is -0.830. The summed E-state index contributed by atoms with van der Waals surface area (Å²) in [6.45, 7) is 4.25. The van der Waals surface area contributed by atoms with Gasteiger partial charge in [-0.05, 0) is 17.5 Å². The number of anilines is 1. The van der Waals surface area contributed by atoms with Crippen LogP contribution >= 0.6 is 0 Å². The van der Waals surface area contributed by atoms with E-state index in [-0.39, 0.29) is 0 Å². The third-order valence-electron chi connectivity index (χ3n) is 2.54. The molecule has 2 atom stereocenters. The minimum Gasteiger partial charge on any atom is -0.398 e. The van der Waals surface area contributed by atoms with E-state index in [0.29, 0.717) is 11.7 Å². The van der Waals surface area contributed by atoms with E-state index in [1.807, 2.05) is 24.3 Å². The Morgan fingerprint density at radius 2 is 2.07 bits per heavy atom. The molecule has 0 saturated heterocycles. The highest BCUT2D eigenvalue weighted by Crippen LogP contribution is 2.14. The zero-order valence-corrected chi connectivity index (χ0v) is 10.2. The van der Waals surface area contributed by atoms with Gasteiger partial charge in [-0.3, -0.25) is 4.21 Å². The summed E-state index contributed by atoms with van der Waals surface area (Å²) in [5.74, 6) is 1.87. The lowest BCUT2D eigenvalue weighted by Crippen LogP contribution is -2.09. The van der Waals surface area contributed by atoms with Crippen molar-refractivity contribution in [3.63, 3.8) is 0 Å². The minimum atomic E-state index is -0.791. The van der Waals surface area contributed by atoms with Crippen molar-refractivity contribution in [1.29, 1.82) is 0 Å². The molecular weight excluding hydrogens is 206 g/mol. The van der Waals surface area contributed by atoms with Crippen molar-refractivity contribution in [1.82, 2.24) is 0 Å². The monoisotopic (exact) mass is 225 g/mol. The number of hydrogen-bond donors (Lipinski definition) is 1. The van der Waals surface area contributed by atoms with Gasteiger partial charge in [-0.25, -0.2) is 0 Å². The summed E-state index contributed by atoms with van der Waals surface area (Å²) in [5.41, 5.74) is 7.54. The van der Waals surface area contributed by atoms with Crippen LogP contribution in [0, 0.1) is 5.92 Å². The van der Waals surface area contributed by atoms with Crippen LogP contribution in [0.3, 0.4) is 0 Å². The van der Waals surface area contributed by atoms with Crippen LogP contribution in [0.5, 0.6) is 0 Å². The van der Waals surface area contributed by atoms with E-state index in [9.17, 15) is 4.21 Å². The summed E-state index contributed by atoms with van der Waals surface area (Å²) in [4.78, 5) is 0. The van der Waals surface area contributed by atoms with Gasteiger partial charge in [0.25, 0.3) is 0 Å². The lowest BCUT2D eigenvalue weighted by Gasteiger charge is -2.09. The van der Waals surface area contributed by atoms with Crippen LogP contribution in [0.1, 0.15) is 25.8 Å². The van der Waals surface area contributed by atoms with Crippen LogP contribution in [-0.4, -0.2) is 9.96 Å². The Kier molecular flexibility index (Phi) is 4.82. The first-order chi connectivity index (χ1) is 7.13. The van der Waals surface area contributed by atoms with Crippen molar-refractivity contribution in [2.75, 3.05) is 11.5 Å². The third-order valence-corrected chi connectivity index (χ3v) is 4.11. The van der Waals surface area contributed by atoms with Crippen LogP contribution in [-0.2, 0) is 16.6 Å². The lowest BCUT2D eigenvalue weighted by molar-refractivity contribution is 0.615. The molecule has 0 bridgehead atoms. The van der Waals surface area contributed by atoms with Gasteiger partial charge in [-0.1, -0.05) is 38.5 Å². The van der Waals surface area contributed by atoms with E-state index < -0.39 is 10.8 Å². The summed E-state index contributed by atoms with van der Waals surface area (Å²) >= 11 is 0. The molecule has 0 amide bonds. The van der Waals surface area contributed by atoms with Crippen LogP contribution in [0.15, 0.2) is 24.3 Å². The zero-order valence-electron chi connectivity index (χ0n) is 9.40. The Bertz CT molecular complexity index is 338. The van der Waals surface area contributed by atoms with Crippen molar-refractivity contribution in [3.05, 3.63) is 29.8 Å². The molecule has 0 aliphatic heterocycles. The van der Waals surface area contributed by atoms with Crippen LogP contribution in [0.4, 0.5) is 5.69 Å². The summed E-state index contributed by atoms with van der Waals surface area (Å²) in [6, 6.07) is 7.64. The first-order valence-electron chi connectivity index (χ1n) is 5.31. The maximum Gasteiger partial charge on any atom is 0.0506 e. The Morgan fingerprint density at radius 1 is 1.40 bits per heavy atom. The van der Waals surface area contributed by atoms with Crippen LogP contribution in [0.2, 0.25) is 0 Å². The highest BCUT2D eigenvalue weighted by molar-refractivity contribution is 7.84. The van der Waals surface area contributed by atoms with E-state index in [1.165, 1.54) is 0 Å². The number of rotatable bonds is 5. The molecule has 0 spiro atoms. The molecule has 1 aromatic rings. The maximum atomic E-state index is 11.8. The van der Waals surface area contributed by atoms with Gasteiger partial charge in [0, 0.05) is 22.2 Å². The molecule has 84 valence electrons. The SMILES string of the molecule is CCC(C)CS(=O)Cc1ccccc1N. The van der Waals surface area contributed by atoms with Gasteiger partial charge in [0.1, 0.15) is 0 Å². The summed E-state index contributed by atoms with van der Waals surface area (Å²) < 4.78 is 11.8. The molecule has 0 aliphatic carbocycles. The minimum absolute atomic E-state index is 0.524. The predicted molar refractivity (Wildman–Crippen MR) is 67.0 cm³/mol. The predicted octanol–water partition coefficient (Wildman–Crippen LogP) is 2.56. The van der Waals surface area contributed by atoms with Crippen LogP contribution < -0.4 is 5.73 Å². The largest absolute Gasteiger partial charge is 0.398 e.